The maximum Gasteiger partial charge on any atom is 0.252 e. The number of piperazine rings is 1. The monoisotopic (exact) mass is 387 g/mol. The number of amides is 1. The van der Waals surface area contributed by atoms with Crippen LogP contribution in [0.5, 0.6) is 5.75 Å². The van der Waals surface area contributed by atoms with Gasteiger partial charge in [0.1, 0.15) is 0 Å². The summed E-state index contributed by atoms with van der Waals surface area (Å²) in [5, 5.41) is 4.22. The lowest BCUT2D eigenvalue weighted by atomic mass is 10.1. The highest BCUT2D eigenvalue weighted by atomic mass is 31.1. The molecule has 27 heavy (non-hydrogen) atoms. The molecule has 1 aromatic carbocycles. The molecule has 0 aliphatic carbocycles. The Hall–Kier alpha value is -2.17. The van der Waals surface area contributed by atoms with Crippen molar-refractivity contribution in [1.82, 2.24) is 15.1 Å². The molecule has 5 nitrogen and oxygen atoms in total. The van der Waals surface area contributed by atoms with Crippen LogP contribution < -0.4 is 10.1 Å². The van der Waals surface area contributed by atoms with Gasteiger partial charge in [-0.15, -0.1) is 0 Å². The van der Waals surface area contributed by atoms with Crippen LogP contribution in [0, 0.1) is 5.82 Å². The lowest BCUT2D eigenvalue weighted by Crippen LogP contribution is -2.44. The highest BCUT2D eigenvalue weighted by Crippen LogP contribution is 2.45. The maximum atomic E-state index is 14.2. The molecule has 1 fully saturated rings. The lowest BCUT2D eigenvalue weighted by Gasteiger charge is -2.37. The summed E-state index contributed by atoms with van der Waals surface area (Å²) >= 11 is 0. The summed E-state index contributed by atoms with van der Waals surface area (Å²) in [4.78, 5) is 16.8. The fourth-order valence-corrected chi connectivity index (χ4v) is 4.86. The van der Waals surface area contributed by atoms with Gasteiger partial charge in [-0.05, 0) is 36.0 Å². The Labute approximate surface area is 160 Å². The Bertz CT molecular complexity index is 831. The van der Waals surface area contributed by atoms with Gasteiger partial charge in [0.05, 0.1) is 18.1 Å². The number of fused-ring (bicyclic) bond motifs is 1. The molecule has 3 aliphatic rings. The Morgan fingerprint density at radius 1 is 1.33 bits per heavy atom. The predicted octanol–water partition coefficient (Wildman–Crippen LogP) is 2.73. The van der Waals surface area contributed by atoms with Crippen molar-refractivity contribution in [2.45, 2.75) is 12.7 Å². The summed E-state index contributed by atoms with van der Waals surface area (Å²) in [6.45, 7) is 6.04. The summed E-state index contributed by atoms with van der Waals surface area (Å²) in [5.41, 5.74) is 1.82. The largest absolute Gasteiger partial charge is 0.491 e. The van der Waals surface area contributed by atoms with Gasteiger partial charge in [-0.3, -0.25) is 4.79 Å². The van der Waals surface area contributed by atoms with Crippen LogP contribution in [0.15, 0.2) is 48.3 Å². The van der Waals surface area contributed by atoms with Gasteiger partial charge in [-0.1, -0.05) is 20.7 Å². The van der Waals surface area contributed by atoms with Crippen molar-refractivity contribution in [3.63, 3.8) is 0 Å². The zero-order valence-corrected chi connectivity index (χ0v) is 16.2. The third-order valence-corrected chi connectivity index (χ3v) is 6.38. The van der Waals surface area contributed by atoms with E-state index >= 15 is 0 Å². The van der Waals surface area contributed by atoms with Crippen molar-refractivity contribution >= 4 is 19.8 Å². The topological polar surface area (TPSA) is 44.8 Å². The summed E-state index contributed by atoms with van der Waals surface area (Å²) < 4.78 is 19.5. The number of rotatable bonds is 4. The van der Waals surface area contributed by atoms with Crippen molar-refractivity contribution in [1.29, 1.82) is 0 Å². The number of hydrogen-bond acceptors (Lipinski definition) is 4. The molecule has 1 amide bonds. The molecule has 142 valence electrons. The Morgan fingerprint density at radius 3 is 2.89 bits per heavy atom. The standard InChI is InChI=1S/C20H23FN3O2P/c1-2-26-17-5-3-14(11-16(17)21)18-12-19(25)24-13-15(4-6-20(24)27-18)23-9-7-22-8-10-23/h3-6,11-13,20,22,27H,2,7-10H2,1H3. The molecule has 1 N–H and O–H groups in total. The second kappa shape index (κ2) is 7.83. The summed E-state index contributed by atoms with van der Waals surface area (Å²) in [5.74, 6) is -0.205. The molecule has 1 saturated heterocycles. The summed E-state index contributed by atoms with van der Waals surface area (Å²) in [6, 6.07) is 4.92. The fourth-order valence-electron chi connectivity index (χ4n) is 3.48. The molecular weight excluding hydrogens is 364 g/mol. The molecule has 2 atom stereocenters. The molecule has 7 heteroatoms. The van der Waals surface area contributed by atoms with E-state index in [1.165, 1.54) is 6.07 Å². The van der Waals surface area contributed by atoms with Crippen molar-refractivity contribution in [2.24, 2.45) is 0 Å². The van der Waals surface area contributed by atoms with E-state index in [9.17, 15) is 9.18 Å². The van der Waals surface area contributed by atoms with Gasteiger partial charge in [0, 0.05) is 38.5 Å². The Morgan fingerprint density at radius 2 is 2.15 bits per heavy atom. The van der Waals surface area contributed by atoms with Crippen LogP contribution in [0.2, 0.25) is 0 Å². The van der Waals surface area contributed by atoms with Gasteiger partial charge in [-0.2, -0.15) is 0 Å². The first-order valence-corrected chi connectivity index (χ1v) is 10.3. The van der Waals surface area contributed by atoms with Crippen LogP contribution in [-0.2, 0) is 4.79 Å². The lowest BCUT2D eigenvalue weighted by molar-refractivity contribution is -0.123. The average Bonchev–Trinajstić information content (AvgIpc) is 2.70. The number of benzene rings is 1. The molecule has 2 unspecified atom stereocenters. The van der Waals surface area contributed by atoms with E-state index in [-0.39, 0.29) is 17.4 Å². The van der Waals surface area contributed by atoms with E-state index in [2.05, 4.69) is 22.4 Å². The normalized spacial score (nSPS) is 23.2. The number of carbonyl (C=O) groups is 1. The predicted molar refractivity (Wildman–Crippen MR) is 106 cm³/mol. The minimum Gasteiger partial charge on any atom is -0.491 e. The minimum atomic E-state index is -0.394. The van der Waals surface area contributed by atoms with Crippen LogP contribution >= 0.6 is 8.58 Å². The number of ether oxygens (including phenoxy) is 1. The van der Waals surface area contributed by atoms with Gasteiger partial charge < -0.3 is 19.9 Å². The number of hydrogen-bond donors (Lipinski definition) is 1. The first kappa shape index (κ1) is 18.2. The van der Waals surface area contributed by atoms with Crippen molar-refractivity contribution in [3.05, 3.63) is 59.7 Å². The van der Waals surface area contributed by atoms with Crippen LogP contribution in [-0.4, -0.2) is 54.3 Å². The van der Waals surface area contributed by atoms with E-state index < -0.39 is 5.82 Å². The molecule has 0 saturated carbocycles. The molecule has 4 rings (SSSR count). The SMILES string of the molecule is CCOc1ccc(C2=CC(=O)N3C=C(N4CCNCC4)C=CC3P2)cc1F. The van der Waals surface area contributed by atoms with Gasteiger partial charge in [0.25, 0.3) is 5.91 Å². The van der Waals surface area contributed by atoms with Crippen LogP contribution in [0.3, 0.4) is 0 Å². The third-order valence-electron chi connectivity index (χ3n) is 4.87. The first-order valence-electron chi connectivity index (χ1n) is 9.24. The molecule has 0 aromatic heterocycles. The van der Waals surface area contributed by atoms with Crippen LogP contribution in [0.1, 0.15) is 12.5 Å². The molecule has 3 heterocycles. The second-order valence-corrected chi connectivity index (χ2v) is 8.04. The minimum absolute atomic E-state index is 0.00112. The van der Waals surface area contributed by atoms with E-state index in [1.807, 2.05) is 19.2 Å². The van der Waals surface area contributed by atoms with Crippen molar-refractivity contribution in [2.75, 3.05) is 32.8 Å². The molecule has 3 aliphatic heterocycles. The Balaban J connectivity index is 1.55. The van der Waals surface area contributed by atoms with E-state index in [4.69, 9.17) is 4.74 Å². The van der Waals surface area contributed by atoms with E-state index in [0.717, 1.165) is 42.8 Å². The van der Waals surface area contributed by atoms with Crippen molar-refractivity contribution < 1.29 is 13.9 Å². The number of nitrogens with zero attached hydrogens (tertiary/aromatic N) is 2. The number of carbonyl (C=O) groups excluding carboxylic acids is 1. The fraction of sp³-hybridized carbons (Fsp3) is 0.350. The highest BCUT2D eigenvalue weighted by molar-refractivity contribution is 7.51. The molecule has 0 radical (unpaired) electrons. The molecule has 0 spiro atoms. The quantitative estimate of drug-likeness (QED) is 0.807. The van der Waals surface area contributed by atoms with Crippen molar-refractivity contribution in [3.8, 4) is 5.75 Å². The molecule has 1 aromatic rings. The smallest absolute Gasteiger partial charge is 0.252 e. The van der Waals surface area contributed by atoms with Gasteiger partial charge in [0.2, 0.25) is 0 Å². The second-order valence-electron chi connectivity index (χ2n) is 6.62. The average molecular weight is 387 g/mol. The maximum absolute atomic E-state index is 14.2. The zero-order valence-electron chi connectivity index (χ0n) is 15.2. The van der Waals surface area contributed by atoms with Gasteiger partial charge in [0.15, 0.2) is 11.6 Å². The molecule has 0 bridgehead atoms. The summed E-state index contributed by atoms with van der Waals surface area (Å²) in [7, 11) is 0.375. The summed E-state index contributed by atoms with van der Waals surface area (Å²) in [6.07, 6.45) is 7.78. The first-order chi connectivity index (χ1) is 13.2. The van der Waals surface area contributed by atoms with E-state index in [0.29, 0.717) is 15.2 Å². The van der Waals surface area contributed by atoms with Gasteiger partial charge >= 0.3 is 0 Å². The zero-order chi connectivity index (χ0) is 18.8. The van der Waals surface area contributed by atoms with E-state index in [1.54, 1.807) is 17.0 Å². The highest BCUT2D eigenvalue weighted by Gasteiger charge is 2.29. The number of allylic oxidation sites excluding steroid dienone is 1. The number of halogens is 1. The van der Waals surface area contributed by atoms with Crippen LogP contribution in [0.4, 0.5) is 4.39 Å². The number of nitrogens with one attached hydrogen (secondary N) is 1. The Kier molecular flexibility index (Phi) is 5.28. The van der Waals surface area contributed by atoms with Crippen LogP contribution in [0.25, 0.3) is 5.31 Å². The van der Waals surface area contributed by atoms with Gasteiger partial charge in [-0.25, -0.2) is 4.39 Å². The molecular formula is C20H23FN3O2P. The third kappa shape index (κ3) is 3.78.